The normalized spacial score (nSPS) is 10.5. The molecule has 24 heavy (non-hydrogen) atoms. The lowest BCUT2D eigenvalue weighted by atomic mass is 10.0. The number of hydrogen-bond acceptors (Lipinski definition) is 4. The fraction of sp³-hybridized carbons (Fsp3) is 0.278. The number of H-pyrrole nitrogens is 1. The number of nitrogens with one attached hydrogen (secondary N) is 1. The van der Waals surface area contributed by atoms with Gasteiger partial charge in [-0.2, -0.15) is 0 Å². The number of carbonyl (C=O) groups excluding carboxylic acids is 3. The summed E-state index contributed by atoms with van der Waals surface area (Å²) in [6.07, 6.45) is 0.147. The van der Waals surface area contributed by atoms with E-state index in [2.05, 4.69) is 4.98 Å². The second-order valence-electron chi connectivity index (χ2n) is 5.47. The average molecular weight is 348 g/mol. The van der Waals surface area contributed by atoms with E-state index in [0.29, 0.717) is 33.1 Å². The Bertz CT molecular complexity index is 790. The largest absolute Gasteiger partial charge is 0.465 e. The highest BCUT2D eigenvalue weighted by molar-refractivity contribution is 6.30. The number of carbonyl (C=O) groups is 3. The van der Waals surface area contributed by atoms with Gasteiger partial charge in [0.05, 0.1) is 18.4 Å². The predicted octanol–water partition coefficient (Wildman–Crippen LogP) is 3.92. The molecule has 0 unspecified atom stereocenters. The minimum atomic E-state index is -0.488. The molecule has 2 aromatic rings. The van der Waals surface area contributed by atoms with E-state index < -0.39 is 5.97 Å². The number of esters is 1. The van der Waals surface area contributed by atoms with Gasteiger partial charge in [0.2, 0.25) is 0 Å². The number of ketones is 2. The van der Waals surface area contributed by atoms with Gasteiger partial charge in [0, 0.05) is 29.1 Å². The lowest BCUT2D eigenvalue weighted by molar-refractivity contribution is 0.0599. The molecule has 1 N–H and O–H groups in total. The second-order valence-corrected chi connectivity index (χ2v) is 5.91. The van der Waals surface area contributed by atoms with E-state index in [-0.39, 0.29) is 24.4 Å². The van der Waals surface area contributed by atoms with Crippen LogP contribution >= 0.6 is 11.6 Å². The summed E-state index contributed by atoms with van der Waals surface area (Å²) in [5, 5.41) is 0.551. The molecule has 0 saturated carbocycles. The minimum absolute atomic E-state index is 0.0584. The van der Waals surface area contributed by atoms with E-state index >= 15 is 0 Å². The Labute approximate surface area is 145 Å². The molecular weight excluding hydrogens is 330 g/mol. The van der Waals surface area contributed by atoms with Gasteiger partial charge in [-0.1, -0.05) is 11.6 Å². The van der Waals surface area contributed by atoms with E-state index in [1.807, 2.05) is 0 Å². The summed E-state index contributed by atoms with van der Waals surface area (Å²) in [7, 11) is 1.29. The molecule has 1 heterocycles. The first-order valence-corrected chi connectivity index (χ1v) is 7.82. The number of ether oxygens (including phenoxy) is 1. The Balaban J connectivity index is 2.09. The smallest absolute Gasteiger partial charge is 0.339 e. The number of rotatable bonds is 6. The van der Waals surface area contributed by atoms with Gasteiger partial charge in [0.15, 0.2) is 11.6 Å². The quantitative estimate of drug-likeness (QED) is 0.634. The lowest BCUT2D eigenvalue weighted by Gasteiger charge is -2.02. The second kappa shape index (κ2) is 7.45. The molecule has 126 valence electrons. The molecule has 0 atom stereocenters. The molecule has 1 aromatic heterocycles. The van der Waals surface area contributed by atoms with Crippen molar-refractivity contribution < 1.29 is 19.1 Å². The van der Waals surface area contributed by atoms with Crippen molar-refractivity contribution in [1.82, 2.24) is 4.98 Å². The molecule has 5 nitrogen and oxygen atoms in total. The van der Waals surface area contributed by atoms with Crippen molar-refractivity contribution in [2.45, 2.75) is 26.7 Å². The van der Waals surface area contributed by atoms with Crippen LogP contribution in [0.15, 0.2) is 24.3 Å². The van der Waals surface area contributed by atoms with Crippen molar-refractivity contribution in [1.29, 1.82) is 0 Å². The van der Waals surface area contributed by atoms with Gasteiger partial charge < -0.3 is 9.72 Å². The third kappa shape index (κ3) is 3.74. The van der Waals surface area contributed by atoms with Crippen LogP contribution in [0.4, 0.5) is 0 Å². The first-order valence-electron chi connectivity index (χ1n) is 7.44. The number of Topliss-reactive ketones (excluding diaryl/α,β-unsaturated/α-hetero) is 2. The number of hydrogen-bond donors (Lipinski definition) is 1. The average Bonchev–Trinajstić information content (AvgIpc) is 2.87. The van der Waals surface area contributed by atoms with Crippen molar-refractivity contribution >= 4 is 29.1 Å². The summed E-state index contributed by atoms with van der Waals surface area (Å²) in [4.78, 5) is 39.2. The Kier molecular flexibility index (Phi) is 5.57. The molecule has 6 heteroatoms. The molecular formula is C18H18ClNO4. The third-order valence-corrected chi connectivity index (χ3v) is 4.10. The molecule has 2 rings (SSSR count). The maximum atomic E-state index is 12.4. The summed E-state index contributed by atoms with van der Waals surface area (Å²) >= 11 is 5.79. The topological polar surface area (TPSA) is 76.2 Å². The Morgan fingerprint density at radius 3 is 2.21 bits per heavy atom. The highest BCUT2D eigenvalue weighted by Gasteiger charge is 2.22. The van der Waals surface area contributed by atoms with E-state index in [0.717, 1.165) is 0 Å². The zero-order valence-electron chi connectivity index (χ0n) is 13.7. The van der Waals surface area contributed by atoms with Crippen LogP contribution in [-0.4, -0.2) is 29.6 Å². The Morgan fingerprint density at radius 1 is 1.04 bits per heavy atom. The minimum Gasteiger partial charge on any atom is -0.465 e. The number of benzene rings is 1. The van der Waals surface area contributed by atoms with Gasteiger partial charge in [-0.05, 0) is 43.7 Å². The van der Waals surface area contributed by atoms with E-state index in [9.17, 15) is 14.4 Å². The van der Waals surface area contributed by atoms with Crippen molar-refractivity contribution in [2.24, 2.45) is 0 Å². The van der Waals surface area contributed by atoms with E-state index in [4.69, 9.17) is 16.3 Å². The van der Waals surface area contributed by atoms with Crippen molar-refractivity contribution in [3.63, 3.8) is 0 Å². The fourth-order valence-corrected chi connectivity index (χ4v) is 2.70. The van der Waals surface area contributed by atoms with Crippen molar-refractivity contribution in [3.05, 3.63) is 57.4 Å². The molecule has 0 amide bonds. The van der Waals surface area contributed by atoms with Crippen LogP contribution in [0.2, 0.25) is 5.02 Å². The molecule has 0 aliphatic carbocycles. The maximum Gasteiger partial charge on any atom is 0.339 e. The van der Waals surface area contributed by atoms with Gasteiger partial charge >= 0.3 is 5.97 Å². The van der Waals surface area contributed by atoms with E-state index in [1.165, 1.54) is 7.11 Å². The molecule has 0 spiro atoms. The highest BCUT2D eigenvalue weighted by Crippen LogP contribution is 2.21. The number of halogens is 1. The van der Waals surface area contributed by atoms with Crippen LogP contribution in [0.25, 0.3) is 0 Å². The SMILES string of the molecule is COC(=O)c1c(C)[nH]c(C(=O)CCC(=O)c2ccc(Cl)cc2)c1C. The Morgan fingerprint density at radius 2 is 1.62 bits per heavy atom. The molecule has 0 aliphatic rings. The third-order valence-electron chi connectivity index (χ3n) is 3.85. The fourth-order valence-electron chi connectivity index (χ4n) is 2.57. The Hall–Kier alpha value is -2.40. The first kappa shape index (κ1) is 17.9. The summed E-state index contributed by atoms with van der Waals surface area (Å²) in [5.74, 6) is -0.834. The van der Waals surface area contributed by atoms with E-state index in [1.54, 1.807) is 38.1 Å². The number of aromatic amines is 1. The maximum absolute atomic E-state index is 12.4. The van der Waals surface area contributed by atoms with Crippen LogP contribution in [0, 0.1) is 13.8 Å². The standard InChI is InChI=1S/C18H18ClNO4/c1-10-16(18(23)24-3)11(2)20-17(10)15(22)9-8-14(21)12-4-6-13(19)7-5-12/h4-7,20H,8-9H2,1-3H3. The zero-order valence-corrected chi connectivity index (χ0v) is 14.5. The molecule has 0 saturated heterocycles. The number of methoxy groups -OCH3 is 1. The number of aromatic nitrogens is 1. The van der Waals surface area contributed by atoms with Gasteiger partial charge in [-0.25, -0.2) is 4.79 Å². The zero-order chi connectivity index (χ0) is 17.9. The van der Waals surface area contributed by atoms with Gasteiger partial charge in [-0.3, -0.25) is 9.59 Å². The monoisotopic (exact) mass is 347 g/mol. The summed E-state index contributed by atoms with van der Waals surface area (Å²) in [5.41, 5.74) is 2.35. The molecule has 1 aromatic carbocycles. The summed E-state index contributed by atoms with van der Waals surface area (Å²) in [6.45, 7) is 3.39. The van der Waals surface area contributed by atoms with Gasteiger partial charge in [-0.15, -0.1) is 0 Å². The van der Waals surface area contributed by atoms with Crippen LogP contribution < -0.4 is 0 Å². The summed E-state index contributed by atoms with van der Waals surface area (Å²) < 4.78 is 4.72. The molecule has 0 fully saturated rings. The van der Waals surface area contributed by atoms with Crippen LogP contribution in [0.5, 0.6) is 0 Å². The lowest BCUT2D eigenvalue weighted by Crippen LogP contribution is -2.08. The van der Waals surface area contributed by atoms with Gasteiger partial charge in [0.25, 0.3) is 0 Å². The first-order chi connectivity index (χ1) is 11.3. The molecule has 0 bridgehead atoms. The van der Waals surface area contributed by atoms with Gasteiger partial charge in [0.1, 0.15) is 0 Å². The van der Waals surface area contributed by atoms with Crippen molar-refractivity contribution in [3.8, 4) is 0 Å². The van der Waals surface area contributed by atoms with Crippen LogP contribution in [0.3, 0.4) is 0 Å². The highest BCUT2D eigenvalue weighted by atomic mass is 35.5. The summed E-state index contributed by atoms with van der Waals surface area (Å²) in [6, 6.07) is 6.54. The predicted molar refractivity (Wildman–Crippen MR) is 91.0 cm³/mol. The molecule has 0 aliphatic heterocycles. The molecule has 0 radical (unpaired) electrons. The van der Waals surface area contributed by atoms with Crippen LogP contribution in [-0.2, 0) is 4.74 Å². The van der Waals surface area contributed by atoms with Crippen LogP contribution in [0.1, 0.15) is 55.3 Å². The van der Waals surface area contributed by atoms with Crippen molar-refractivity contribution in [2.75, 3.05) is 7.11 Å². The number of aryl methyl sites for hydroxylation is 1.